The number of amides is 1. The second-order valence-electron chi connectivity index (χ2n) is 7.91. The fourth-order valence-electron chi connectivity index (χ4n) is 2.94. The number of Topliss-reactive ketones (excluding diaryl/α,β-unsaturated/α-hetero) is 1. The molecule has 0 aliphatic heterocycles. The highest BCUT2D eigenvalue weighted by atomic mass is 32.2. The van der Waals surface area contributed by atoms with E-state index in [4.69, 9.17) is 5.11 Å². The number of carboxylic acids is 1. The second-order valence-corrected chi connectivity index (χ2v) is 10.7. The Hall–Kier alpha value is -2.83. The first-order chi connectivity index (χ1) is 16.1. The summed E-state index contributed by atoms with van der Waals surface area (Å²) >= 11 is 1.20. The Labute approximate surface area is 200 Å². The fourth-order valence-corrected chi connectivity index (χ4v) is 4.97. The highest BCUT2D eigenvalue weighted by Crippen LogP contribution is 2.28. The van der Waals surface area contributed by atoms with Gasteiger partial charge in [0, 0.05) is 24.7 Å². The van der Waals surface area contributed by atoms with Crippen LogP contribution in [0.1, 0.15) is 35.2 Å². The number of benzene rings is 1. The van der Waals surface area contributed by atoms with Gasteiger partial charge >= 0.3 is 5.97 Å². The molecule has 1 amide bonds. The van der Waals surface area contributed by atoms with Gasteiger partial charge in [-0.2, -0.15) is 0 Å². The van der Waals surface area contributed by atoms with Gasteiger partial charge < -0.3 is 10.4 Å². The minimum atomic E-state index is -3.86. The molecule has 1 aromatic heterocycles. The van der Waals surface area contributed by atoms with E-state index in [1.165, 1.54) is 23.9 Å². The molecule has 1 heterocycles. The van der Waals surface area contributed by atoms with Crippen molar-refractivity contribution in [2.24, 2.45) is 5.92 Å². The van der Waals surface area contributed by atoms with Crippen molar-refractivity contribution < 1.29 is 32.3 Å². The topological polar surface area (TPSA) is 143 Å². The predicted molar refractivity (Wildman–Crippen MR) is 123 cm³/mol. The number of pyridine rings is 1. The smallest absolute Gasteiger partial charge is 0.305 e. The van der Waals surface area contributed by atoms with Crippen LogP contribution in [0.2, 0.25) is 0 Å². The Morgan fingerprint density at radius 3 is 2.53 bits per heavy atom. The van der Waals surface area contributed by atoms with Crippen LogP contribution in [-0.4, -0.2) is 54.5 Å². The normalized spacial score (nSPS) is 14.4. The number of aromatic nitrogens is 1. The van der Waals surface area contributed by atoms with Crippen molar-refractivity contribution in [1.82, 2.24) is 15.0 Å². The SMILES string of the molecule is O=C(O)C[C@H](NC(=O)c1cncc(S(=O)(=O)NCC2CC2)c1)C(=O)CSCc1ccc(F)cc1. The molecule has 2 aromatic rings. The van der Waals surface area contributed by atoms with E-state index in [2.05, 4.69) is 15.0 Å². The number of carbonyl (C=O) groups excluding carboxylic acids is 2. The molecule has 1 fully saturated rings. The van der Waals surface area contributed by atoms with Crippen LogP contribution >= 0.6 is 11.8 Å². The molecule has 9 nitrogen and oxygen atoms in total. The highest BCUT2D eigenvalue weighted by molar-refractivity contribution is 7.99. The number of carbonyl (C=O) groups is 3. The van der Waals surface area contributed by atoms with Crippen molar-refractivity contribution in [2.75, 3.05) is 12.3 Å². The third-order valence-corrected chi connectivity index (χ3v) is 7.46. The van der Waals surface area contributed by atoms with Crippen molar-refractivity contribution >= 4 is 39.4 Å². The summed E-state index contributed by atoms with van der Waals surface area (Å²) in [6.45, 7) is 0.309. The van der Waals surface area contributed by atoms with Crippen LogP contribution in [0.4, 0.5) is 4.39 Å². The van der Waals surface area contributed by atoms with E-state index in [0.29, 0.717) is 18.2 Å². The third kappa shape index (κ3) is 7.89. The standard InChI is InChI=1S/C22H24FN3O6S2/c23-17-5-3-15(4-6-17)12-33-13-20(27)19(8-21(28)29)26-22(30)16-7-18(11-24-10-16)34(31,32)25-9-14-1-2-14/h3-7,10-11,14,19,25H,1-2,8-9,12-13H2,(H,26,30)(H,28,29)/t19-/m0/s1. The van der Waals surface area contributed by atoms with E-state index < -0.39 is 40.1 Å². The zero-order valence-electron chi connectivity index (χ0n) is 18.1. The van der Waals surface area contributed by atoms with Crippen molar-refractivity contribution in [3.05, 3.63) is 59.7 Å². The van der Waals surface area contributed by atoms with E-state index in [1.54, 1.807) is 12.1 Å². The zero-order chi connectivity index (χ0) is 24.7. The lowest BCUT2D eigenvalue weighted by Crippen LogP contribution is -2.43. The van der Waals surface area contributed by atoms with E-state index >= 15 is 0 Å². The van der Waals surface area contributed by atoms with Crippen molar-refractivity contribution in [3.8, 4) is 0 Å². The minimum Gasteiger partial charge on any atom is -0.481 e. The van der Waals surface area contributed by atoms with Gasteiger partial charge in [0.25, 0.3) is 5.91 Å². The van der Waals surface area contributed by atoms with Crippen LogP contribution in [0, 0.1) is 11.7 Å². The maximum Gasteiger partial charge on any atom is 0.305 e. The highest BCUT2D eigenvalue weighted by Gasteiger charge is 2.27. The van der Waals surface area contributed by atoms with Crippen molar-refractivity contribution in [1.29, 1.82) is 0 Å². The van der Waals surface area contributed by atoms with Gasteiger partial charge in [-0.05, 0) is 42.5 Å². The number of aliphatic carboxylic acids is 1. The minimum absolute atomic E-state index is 0.0760. The van der Waals surface area contributed by atoms with Gasteiger partial charge in [-0.15, -0.1) is 11.8 Å². The Morgan fingerprint density at radius 2 is 1.88 bits per heavy atom. The summed E-state index contributed by atoms with van der Waals surface area (Å²) in [5.41, 5.74) is 0.675. The van der Waals surface area contributed by atoms with Crippen LogP contribution in [0.15, 0.2) is 47.6 Å². The second kappa shape index (κ2) is 11.5. The van der Waals surface area contributed by atoms with Gasteiger partial charge in [-0.3, -0.25) is 19.4 Å². The Bertz CT molecular complexity index is 1150. The largest absolute Gasteiger partial charge is 0.481 e. The molecule has 1 atom stereocenters. The molecule has 1 aliphatic rings. The molecule has 0 spiro atoms. The molecule has 1 saturated carbocycles. The molecule has 0 unspecified atom stereocenters. The van der Waals surface area contributed by atoms with Crippen molar-refractivity contribution in [2.45, 2.75) is 36.0 Å². The van der Waals surface area contributed by atoms with Gasteiger partial charge in [-0.25, -0.2) is 17.5 Å². The summed E-state index contributed by atoms with van der Waals surface area (Å²) in [5, 5.41) is 11.5. The lowest BCUT2D eigenvalue weighted by molar-refractivity contribution is -0.139. The summed E-state index contributed by atoms with van der Waals surface area (Å²) < 4.78 is 40.3. The number of halogens is 1. The molecule has 3 N–H and O–H groups in total. The predicted octanol–water partition coefficient (Wildman–Crippen LogP) is 1.98. The number of rotatable bonds is 13. The molecule has 34 heavy (non-hydrogen) atoms. The summed E-state index contributed by atoms with van der Waals surface area (Å²) in [4.78, 5) is 40.1. The first-order valence-corrected chi connectivity index (χ1v) is 13.1. The number of nitrogens with zero attached hydrogens (tertiary/aromatic N) is 1. The van der Waals surface area contributed by atoms with Crippen LogP contribution in [0.3, 0.4) is 0 Å². The Kier molecular flexibility index (Phi) is 8.75. The quantitative estimate of drug-likeness (QED) is 0.372. The number of nitrogens with one attached hydrogen (secondary N) is 2. The molecule has 1 aliphatic carbocycles. The van der Waals surface area contributed by atoms with E-state index in [1.807, 2.05) is 0 Å². The van der Waals surface area contributed by atoms with Gasteiger partial charge in [0.05, 0.1) is 23.8 Å². The number of thioether (sulfide) groups is 1. The Morgan fingerprint density at radius 1 is 1.18 bits per heavy atom. The molecule has 12 heteroatoms. The van der Waals surface area contributed by atoms with Gasteiger partial charge in [0.15, 0.2) is 5.78 Å². The number of sulfonamides is 1. The van der Waals surface area contributed by atoms with E-state index in [-0.39, 0.29) is 22.0 Å². The first kappa shape index (κ1) is 25.8. The van der Waals surface area contributed by atoms with Crippen LogP contribution in [0.25, 0.3) is 0 Å². The summed E-state index contributed by atoms with van der Waals surface area (Å²) in [6.07, 6.45) is 3.55. The van der Waals surface area contributed by atoms with Crippen molar-refractivity contribution in [3.63, 3.8) is 0 Å². The van der Waals surface area contributed by atoms with Gasteiger partial charge in [-0.1, -0.05) is 12.1 Å². The molecule has 0 radical (unpaired) electrons. The van der Waals surface area contributed by atoms with Gasteiger partial charge in [0.2, 0.25) is 10.0 Å². The number of carboxylic acid groups (broad SMARTS) is 1. The van der Waals surface area contributed by atoms with Crippen LogP contribution in [-0.2, 0) is 25.4 Å². The average molecular weight is 510 g/mol. The summed E-state index contributed by atoms with van der Waals surface area (Å²) in [7, 11) is -3.86. The first-order valence-electron chi connectivity index (χ1n) is 10.5. The molecule has 1 aromatic carbocycles. The lowest BCUT2D eigenvalue weighted by Gasteiger charge is -2.16. The average Bonchev–Trinajstić information content (AvgIpc) is 3.63. The fraction of sp³-hybridized carbons (Fsp3) is 0.364. The van der Waals surface area contributed by atoms with Crippen LogP contribution in [0.5, 0.6) is 0 Å². The molecule has 0 bridgehead atoms. The van der Waals surface area contributed by atoms with Crippen LogP contribution < -0.4 is 10.0 Å². The number of hydrogen-bond acceptors (Lipinski definition) is 7. The third-order valence-electron chi connectivity index (χ3n) is 5.04. The molecule has 182 valence electrons. The number of ketones is 1. The summed E-state index contributed by atoms with van der Waals surface area (Å²) in [6, 6.07) is 5.58. The zero-order valence-corrected chi connectivity index (χ0v) is 19.7. The maximum absolute atomic E-state index is 13.0. The summed E-state index contributed by atoms with van der Waals surface area (Å²) in [5.74, 6) is -2.33. The molecular formula is C22H24FN3O6S2. The van der Waals surface area contributed by atoms with E-state index in [9.17, 15) is 27.2 Å². The monoisotopic (exact) mass is 509 g/mol. The molecule has 3 rings (SSSR count). The molecular weight excluding hydrogens is 485 g/mol. The van der Waals surface area contributed by atoms with E-state index in [0.717, 1.165) is 36.9 Å². The Balaban J connectivity index is 1.62. The maximum atomic E-state index is 13.0. The molecule has 0 saturated heterocycles. The number of hydrogen-bond donors (Lipinski definition) is 3. The van der Waals surface area contributed by atoms with Gasteiger partial charge in [0.1, 0.15) is 10.7 Å². The lowest BCUT2D eigenvalue weighted by atomic mass is 10.1.